The molecule has 2 rings (SSSR count). The Morgan fingerprint density at radius 3 is 2.36 bits per heavy atom. The van der Waals surface area contributed by atoms with E-state index in [9.17, 15) is 9.36 Å². The van der Waals surface area contributed by atoms with Gasteiger partial charge in [-0.2, -0.15) is 0 Å². The van der Waals surface area contributed by atoms with Crippen molar-refractivity contribution in [2.75, 3.05) is 0 Å². The lowest BCUT2D eigenvalue weighted by atomic mass is 10.1. The van der Waals surface area contributed by atoms with Gasteiger partial charge in [0.1, 0.15) is 5.75 Å². The van der Waals surface area contributed by atoms with Crippen molar-refractivity contribution in [2.45, 2.75) is 26.4 Å². The molecule has 0 amide bonds. The van der Waals surface area contributed by atoms with Gasteiger partial charge in [-0.15, -0.1) is 11.3 Å². The summed E-state index contributed by atoms with van der Waals surface area (Å²) in [6.45, 7) is 3.91. The number of carbonyl (C=O) groups excluding carboxylic acids is 1. The van der Waals surface area contributed by atoms with Crippen molar-refractivity contribution in [3.63, 3.8) is 0 Å². The molecule has 2 aromatic rings. The molecule has 0 bridgehead atoms. The fourth-order valence-electron chi connectivity index (χ4n) is 1.89. The summed E-state index contributed by atoms with van der Waals surface area (Å²) in [7, 11) is -4.71. The molecule has 0 atom stereocenters. The van der Waals surface area contributed by atoms with Crippen LogP contribution in [0.5, 0.6) is 5.75 Å². The molecular formula is C15H17O5PS. The van der Waals surface area contributed by atoms with Crippen LogP contribution in [0.1, 0.15) is 34.0 Å². The molecule has 0 fully saturated rings. The Kier molecular flexibility index (Phi) is 5.19. The molecule has 0 saturated carbocycles. The Morgan fingerprint density at radius 1 is 1.18 bits per heavy atom. The molecule has 0 saturated heterocycles. The minimum Gasteiger partial charge on any atom is -0.491 e. The second-order valence-electron chi connectivity index (χ2n) is 5.10. The average Bonchev–Trinajstić information content (AvgIpc) is 2.87. The summed E-state index contributed by atoms with van der Waals surface area (Å²) in [6.07, 6.45) is 0.713. The molecular weight excluding hydrogens is 323 g/mol. The topological polar surface area (TPSA) is 83.8 Å². The van der Waals surface area contributed by atoms with E-state index in [0.717, 1.165) is 27.5 Å². The molecule has 22 heavy (non-hydrogen) atoms. The molecule has 0 aliphatic heterocycles. The third-order valence-electron chi connectivity index (χ3n) is 2.81. The molecule has 7 heteroatoms. The molecule has 0 unspecified atom stereocenters. The van der Waals surface area contributed by atoms with E-state index in [2.05, 4.69) is 0 Å². The van der Waals surface area contributed by atoms with Crippen LogP contribution >= 0.6 is 18.9 Å². The monoisotopic (exact) mass is 340 g/mol. The maximum Gasteiger partial charge on any atom is 0.397 e. The van der Waals surface area contributed by atoms with Gasteiger partial charge in [-0.05, 0) is 43.7 Å². The van der Waals surface area contributed by atoms with E-state index < -0.39 is 13.1 Å². The largest absolute Gasteiger partial charge is 0.491 e. The number of hydrogen-bond acceptors (Lipinski definition) is 4. The quantitative estimate of drug-likeness (QED) is 0.787. The van der Waals surface area contributed by atoms with Crippen LogP contribution in [0.3, 0.4) is 0 Å². The predicted octanol–water partition coefficient (Wildman–Crippen LogP) is 3.44. The zero-order chi connectivity index (χ0) is 16.3. The fraction of sp³-hybridized carbons (Fsp3) is 0.267. The van der Waals surface area contributed by atoms with Crippen LogP contribution in [0.2, 0.25) is 0 Å². The van der Waals surface area contributed by atoms with Gasteiger partial charge in [0, 0.05) is 11.3 Å². The summed E-state index contributed by atoms with van der Waals surface area (Å²) in [4.78, 5) is 30.3. The van der Waals surface area contributed by atoms with E-state index in [0.29, 0.717) is 6.42 Å². The van der Waals surface area contributed by atoms with E-state index in [1.54, 1.807) is 6.07 Å². The first-order valence-corrected chi connectivity index (χ1v) is 9.13. The van der Waals surface area contributed by atoms with Gasteiger partial charge in [0.05, 0.1) is 11.0 Å². The van der Waals surface area contributed by atoms with Crippen LogP contribution in [-0.4, -0.2) is 21.4 Å². The maximum atomic E-state index is 11.5. The van der Waals surface area contributed by atoms with Gasteiger partial charge in [-0.1, -0.05) is 12.1 Å². The van der Waals surface area contributed by atoms with Crippen molar-refractivity contribution in [3.8, 4) is 5.75 Å². The summed E-state index contributed by atoms with van der Waals surface area (Å²) in [5.41, 5.74) is -0.0856. The Bertz CT molecular complexity index is 699. The number of benzene rings is 1. The SMILES string of the molecule is CC(C)Oc1ccc(Cc2ccc(C(=O)P(=O)(O)O)s2)cc1. The van der Waals surface area contributed by atoms with Crippen molar-refractivity contribution < 1.29 is 23.9 Å². The van der Waals surface area contributed by atoms with Crippen molar-refractivity contribution in [2.24, 2.45) is 0 Å². The summed E-state index contributed by atoms with van der Waals surface area (Å²) in [5.74, 6) is 0.794. The van der Waals surface area contributed by atoms with E-state index >= 15 is 0 Å². The minimum absolute atomic E-state index is 0.0862. The molecule has 0 spiro atoms. The van der Waals surface area contributed by atoms with Crippen LogP contribution < -0.4 is 4.74 Å². The van der Waals surface area contributed by atoms with E-state index in [1.165, 1.54) is 6.07 Å². The highest BCUT2D eigenvalue weighted by molar-refractivity contribution is 7.71. The van der Waals surface area contributed by atoms with Gasteiger partial charge in [-0.3, -0.25) is 9.36 Å². The molecule has 1 heterocycles. The zero-order valence-corrected chi connectivity index (χ0v) is 13.9. The lowest BCUT2D eigenvalue weighted by molar-refractivity contribution is 0.104. The molecule has 2 N–H and O–H groups in total. The van der Waals surface area contributed by atoms with Crippen LogP contribution in [-0.2, 0) is 11.0 Å². The van der Waals surface area contributed by atoms with Crippen molar-refractivity contribution in [1.29, 1.82) is 0 Å². The molecule has 0 aliphatic carbocycles. The Labute approximate surface area is 132 Å². The van der Waals surface area contributed by atoms with Crippen molar-refractivity contribution >= 4 is 24.5 Å². The number of carbonyl (C=O) groups is 1. The first kappa shape index (κ1) is 16.9. The van der Waals surface area contributed by atoms with Gasteiger partial charge in [0.25, 0.3) is 5.52 Å². The number of rotatable bonds is 6. The first-order chi connectivity index (χ1) is 10.3. The molecule has 0 aliphatic rings. The van der Waals surface area contributed by atoms with Gasteiger partial charge in [0.15, 0.2) is 0 Å². The van der Waals surface area contributed by atoms with Crippen LogP contribution in [0.4, 0.5) is 0 Å². The molecule has 0 radical (unpaired) electrons. The second kappa shape index (κ2) is 6.75. The highest BCUT2D eigenvalue weighted by Gasteiger charge is 2.28. The average molecular weight is 340 g/mol. The Hall–Kier alpha value is -1.46. The van der Waals surface area contributed by atoms with Crippen molar-refractivity contribution in [1.82, 2.24) is 0 Å². The number of hydrogen-bond donors (Lipinski definition) is 2. The standard InChI is InChI=1S/C15H17O5PS/c1-10(2)20-12-5-3-11(4-6-12)9-13-7-8-14(22-13)15(16)21(17,18)19/h3-8,10H,9H2,1-2H3,(H2,17,18,19). The molecule has 1 aromatic heterocycles. The summed E-state index contributed by atoms with van der Waals surface area (Å²) in [5, 5.41) is 0. The maximum absolute atomic E-state index is 11.5. The zero-order valence-electron chi connectivity index (χ0n) is 12.2. The lowest BCUT2D eigenvalue weighted by Crippen LogP contribution is -2.05. The van der Waals surface area contributed by atoms with Gasteiger partial charge < -0.3 is 14.5 Å². The van der Waals surface area contributed by atoms with Gasteiger partial charge in [0.2, 0.25) is 0 Å². The van der Waals surface area contributed by atoms with Crippen LogP contribution in [0.25, 0.3) is 0 Å². The Morgan fingerprint density at radius 2 is 1.82 bits per heavy atom. The summed E-state index contributed by atoms with van der Waals surface area (Å²) < 4.78 is 16.5. The summed E-state index contributed by atoms with van der Waals surface area (Å²) in [6, 6.07) is 10.8. The third-order valence-corrected chi connectivity index (χ3v) is 4.82. The highest BCUT2D eigenvalue weighted by atomic mass is 32.1. The third kappa shape index (κ3) is 4.52. The van der Waals surface area contributed by atoms with Gasteiger partial charge in [-0.25, -0.2) is 0 Å². The van der Waals surface area contributed by atoms with Crippen LogP contribution in [0, 0.1) is 0 Å². The Balaban J connectivity index is 2.07. The second-order valence-corrected chi connectivity index (χ2v) is 7.77. The fourth-order valence-corrected chi connectivity index (χ4v) is 3.63. The van der Waals surface area contributed by atoms with E-state index in [-0.39, 0.29) is 11.0 Å². The molecule has 5 nitrogen and oxygen atoms in total. The van der Waals surface area contributed by atoms with Crippen LogP contribution in [0.15, 0.2) is 36.4 Å². The minimum atomic E-state index is -4.71. The highest BCUT2D eigenvalue weighted by Crippen LogP contribution is 2.41. The predicted molar refractivity (Wildman–Crippen MR) is 85.7 cm³/mol. The molecule has 118 valence electrons. The smallest absolute Gasteiger partial charge is 0.397 e. The van der Waals surface area contributed by atoms with Crippen molar-refractivity contribution in [3.05, 3.63) is 51.7 Å². The lowest BCUT2D eigenvalue weighted by Gasteiger charge is -2.09. The normalized spacial score (nSPS) is 11.7. The number of thiophene rings is 1. The first-order valence-electron chi connectivity index (χ1n) is 6.70. The summed E-state index contributed by atoms with van der Waals surface area (Å²) >= 11 is 1.10. The van der Waals surface area contributed by atoms with E-state index in [4.69, 9.17) is 14.5 Å². The molecule has 1 aromatic carbocycles. The number of ether oxygens (including phenoxy) is 1. The van der Waals surface area contributed by atoms with Gasteiger partial charge >= 0.3 is 7.60 Å². The van der Waals surface area contributed by atoms with E-state index in [1.807, 2.05) is 38.1 Å².